The number of amides is 1. The predicted molar refractivity (Wildman–Crippen MR) is 59.9 cm³/mol. The first kappa shape index (κ1) is 14.1. The van der Waals surface area contributed by atoms with Crippen LogP contribution in [-0.4, -0.2) is 22.5 Å². The van der Waals surface area contributed by atoms with Crippen molar-refractivity contribution in [2.75, 3.05) is 0 Å². The second-order valence-electron chi connectivity index (χ2n) is 4.37. The van der Waals surface area contributed by atoms with E-state index >= 15 is 0 Å². The van der Waals surface area contributed by atoms with Crippen molar-refractivity contribution in [3.8, 4) is 0 Å². The van der Waals surface area contributed by atoms with E-state index < -0.39 is 35.5 Å². The van der Waals surface area contributed by atoms with Crippen molar-refractivity contribution in [2.24, 2.45) is 0 Å². The Morgan fingerprint density at radius 3 is 2.50 bits per heavy atom. The normalized spacial score (nSPS) is 11.1. The molecule has 0 aromatic heterocycles. The topological polar surface area (TPSA) is 66.4 Å². The molecule has 0 heterocycles. The zero-order valence-electron chi connectivity index (χ0n) is 9.96. The number of hydrogen-bond donors (Lipinski definition) is 2. The lowest BCUT2D eigenvalue weighted by atomic mass is 10.0. The molecule has 1 amide bonds. The van der Waals surface area contributed by atoms with Crippen LogP contribution in [0.25, 0.3) is 0 Å². The molecule has 4 nitrogen and oxygen atoms in total. The minimum atomic E-state index is -1.46. The lowest BCUT2D eigenvalue weighted by molar-refractivity contribution is -0.145. The third-order valence-corrected chi connectivity index (χ3v) is 2.37. The molecule has 0 radical (unpaired) electrons. The van der Waals surface area contributed by atoms with Crippen molar-refractivity contribution in [3.63, 3.8) is 0 Å². The van der Waals surface area contributed by atoms with Gasteiger partial charge in [-0.2, -0.15) is 0 Å². The molecule has 0 atom stereocenters. The van der Waals surface area contributed by atoms with E-state index in [2.05, 4.69) is 5.32 Å². The number of carboxylic acid groups (broad SMARTS) is 1. The van der Waals surface area contributed by atoms with Crippen molar-refractivity contribution >= 4 is 11.9 Å². The van der Waals surface area contributed by atoms with Crippen LogP contribution < -0.4 is 5.32 Å². The van der Waals surface area contributed by atoms with Gasteiger partial charge in [-0.15, -0.1) is 0 Å². The SMILES string of the molecule is CC(C)(NC(=O)Cc1cccc(F)c1F)C(=O)O. The fourth-order valence-corrected chi connectivity index (χ4v) is 1.30. The summed E-state index contributed by atoms with van der Waals surface area (Å²) in [4.78, 5) is 22.3. The van der Waals surface area contributed by atoms with E-state index in [1.807, 2.05) is 0 Å². The fourth-order valence-electron chi connectivity index (χ4n) is 1.30. The van der Waals surface area contributed by atoms with E-state index in [1.165, 1.54) is 26.0 Å². The number of rotatable bonds is 4. The van der Waals surface area contributed by atoms with Gasteiger partial charge in [-0.05, 0) is 19.9 Å². The Hall–Kier alpha value is -1.98. The first-order valence-corrected chi connectivity index (χ1v) is 5.21. The molecular formula is C12H13F2NO3. The maximum Gasteiger partial charge on any atom is 0.328 e. The summed E-state index contributed by atoms with van der Waals surface area (Å²) in [5, 5.41) is 11.0. The van der Waals surface area contributed by atoms with Crippen LogP contribution in [0, 0.1) is 11.6 Å². The molecule has 0 bridgehead atoms. The molecule has 18 heavy (non-hydrogen) atoms. The Morgan fingerprint density at radius 2 is 1.94 bits per heavy atom. The molecule has 6 heteroatoms. The average molecular weight is 257 g/mol. The van der Waals surface area contributed by atoms with Crippen LogP contribution in [0.5, 0.6) is 0 Å². The molecule has 1 rings (SSSR count). The van der Waals surface area contributed by atoms with Crippen LogP contribution in [0.3, 0.4) is 0 Å². The van der Waals surface area contributed by atoms with Gasteiger partial charge in [-0.25, -0.2) is 13.6 Å². The van der Waals surface area contributed by atoms with Gasteiger partial charge in [0.15, 0.2) is 11.6 Å². The summed E-state index contributed by atoms with van der Waals surface area (Å²) < 4.78 is 26.2. The average Bonchev–Trinajstić information content (AvgIpc) is 2.23. The van der Waals surface area contributed by atoms with Crippen molar-refractivity contribution in [1.82, 2.24) is 5.32 Å². The highest BCUT2D eigenvalue weighted by Crippen LogP contribution is 2.12. The highest BCUT2D eigenvalue weighted by molar-refractivity contribution is 5.87. The lowest BCUT2D eigenvalue weighted by Gasteiger charge is -2.21. The maximum absolute atomic E-state index is 13.3. The first-order valence-electron chi connectivity index (χ1n) is 5.21. The van der Waals surface area contributed by atoms with Gasteiger partial charge in [-0.3, -0.25) is 4.79 Å². The highest BCUT2D eigenvalue weighted by atomic mass is 19.2. The maximum atomic E-state index is 13.3. The van der Waals surface area contributed by atoms with Crippen LogP contribution in [0.1, 0.15) is 19.4 Å². The molecule has 1 aromatic rings. The molecular weight excluding hydrogens is 244 g/mol. The summed E-state index contributed by atoms with van der Waals surface area (Å²) in [6.07, 6.45) is -0.416. The van der Waals surface area contributed by atoms with Crippen LogP contribution in [0.4, 0.5) is 8.78 Å². The van der Waals surface area contributed by atoms with Crippen LogP contribution in [-0.2, 0) is 16.0 Å². The molecule has 98 valence electrons. The zero-order valence-corrected chi connectivity index (χ0v) is 9.96. The van der Waals surface area contributed by atoms with Crippen molar-refractivity contribution in [1.29, 1.82) is 0 Å². The monoisotopic (exact) mass is 257 g/mol. The van der Waals surface area contributed by atoms with Crippen LogP contribution >= 0.6 is 0 Å². The standard InChI is InChI=1S/C12H13F2NO3/c1-12(2,11(17)18)15-9(16)6-7-4-3-5-8(13)10(7)14/h3-5H,6H2,1-2H3,(H,15,16)(H,17,18). The van der Waals surface area contributed by atoms with E-state index in [0.29, 0.717) is 0 Å². The van der Waals surface area contributed by atoms with Crippen molar-refractivity contribution in [3.05, 3.63) is 35.4 Å². The number of carboxylic acids is 1. The number of carbonyl (C=O) groups excluding carboxylic acids is 1. The number of hydrogen-bond acceptors (Lipinski definition) is 2. The van der Waals surface area contributed by atoms with E-state index in [-0.39, 0.29) is 5.56 Å². The van der Waals surface area contributed by atoms with Crippen LogP contribution in [0.2, 0.25) is 0 Å². The summed E-state index contributed by atoms with van der Waals surface area (Å²) in [5.74, 6) is -4.04. The van der Waals surface area contributed by atoms with E-state index in [1.54, 1.807) is 0 Å². The summed E-state index contributed by atoms with van der Waals surface area (Å²) in [5.41, 5.74) is -1.57. The molecule has 0 unspecified atom stereocenters. The molecule has 2 N–H and O–H groups in total. The smallest absolute Gasteiger partial charge is 0.328 e. The Morgan fingerprint density at radius 1 is 1.33 bits per heavy atom. The first-order chi connectivity index (χ1) is 8.24. The minimum Gasteiger partial charge on any atom is -0.480 e. The highest BCUT2D eigenvalue weighted by Gasteiger charge is 2.29. The zero-order chi connectivity index (χ0) is 13.9. The molecule has 0 spiro atoms. The second kappa shape index (κ2) is 5.12. The minimum absolute atomic E-state index is 0.117. The van der Waals surface area contributed by atoms with Gasteiger partial charge < -0.3 is 10.4 Å². The molecule has 0 fully saturated rings. The van der Waals surface area contributed by atoms with Crippen LogP contribution in [0.15, 0.2) is 18.2 Å². The third kappa shape index (κ3) is 3.26. The van der Waals surface area contributed by atoms with E-state index in [0.717, 1.165) is 6.07 Å². The number of benzene rings is 1. The molecule has 0 saturated carbocycles. The summed E-state index contributed by atoms with van der Waals surface area (Å²) in [6.45, 7) is 2.60. The largest absolute Gasteiger partial charge is 0.480 e. The van der Waals surface area contributed by atoms with Gasteiger partial charge >= 0.3 is 5.97 Å². The van der Waals surface area contributed by atoms with Gasteiger partial charge in [0.25, 0.3) is 0 Å². The Kier molecular flexibility index (Phi) is 4.00. The summed E-state index contributed by atoms with van der Waals surface area (Å²) >= 11 is 0. The van der Waals surface area contributed by atoms with Crippen molar-refractivity contribution in [2.45, 2.75) is 25.8 Å². The number of aliphatic carboxylic acids is 1. The molecule has 0 aliphatic heterocycles. The number of nitrogens with one attached hydrogen (secondary N) is 1. The Labute approximate surface area is 103 Å². The van der Waals surface area contributed by atoms with Gasteiger partial charge in [-0.1, -0.05) is 12.1 Å². The third-order valence-electron chi connectivity index (χ3n) is 2.37. The van der Waals surface area contributed by atoms with Gasteiger partial charge in [0, 0.05) is 5.56 Å². The second-order valence-corrected chi connectivity index (χ2v) is 4.37. The quantitative estimate of drug-likeness (QED) is 0.858. The number of carbonyl (C=O) groups is 2. The molecule has 1 aromatic carbocycles. The fraction of sp³-hybridized carbons (Fsp3) is 0.333. The molecule has 0 aliphatic carbocycles. The summed E-state index contributed by atoms with van der Waals surface area (Å²) in [7, 11) is 0. The Balaban J connectivity index is 2.77. The van der Waals surface area contributed by atoms with E-state index in [9.17, 15) is 18.4 Å². The van der Waals surface area contributed by atoms with Gasteiger partial charge in [0.2, 0.25) is 5.91 Å². The van der Waals surface area contributed by atoms with Gasteiger partial charge in [0.1, 0.15) is 5.54 Å². The van der Waals surface area contributed by atoms with E-state index in [4.69, 9.17) is 5.11 Å². The number of halogens is 2. The Bertz CT molecular complexity index is 486. The predicted octanol–water partition coefficient (Wildman–Crippen LogP) is 1.49. The summed E-state index contributed by atoms with van der Waals surface area (Å²) in [6, 6.07) is 3.49. The molecule has 0 aliphatic rings. The molecule has 0 saturated heterocycles. The lowest BCUT2D eigenvalue weighted by Crippen LogP contribution is -2.50. The van der Waals surface area contributed by atoms with Gasteiger partial charge in [0.05, 0.1) is 6.42 Å². The van der Waals surface area contributed by atoms with Crippen molar-refractivity contribution < 1.29 is 23.5 Å².